The van der Waals surface area contributed by atoms with E-state index in [0.29, 0.717) is 0 Å². The van der Waals surface area contributed by atoms with E-state index in [0.717, 1.165) is 0 Å². The summed E-state index contributed by atoms with van der Waals surface area (Å²) in [7, 11) is 0. The Kier molecular flexibility index (Phi) is 59.0. The van der Waals surface area contributed by atoms with Gasteiger partial charge in [0.1, 0.15) is 0 Å². The van der Waals surface area contributed by atoms with Crippen molar-refractivity contribution >= 4 is 43.9 Å². The number of rotatable bonds is 0. The molecular weight excluding hydrogens is 124 g/mol. The van der Waals surface area contributed by atoms with E-state index in [2.05, 4.69) is 0 Å². The molecule has 0 fully saturated rings. The third-order valence-corrected chi connectivity index (χ3v) is 0. The maximum Gasteiger partial charge on any atom is 2.00 e. The maximum absolute atomic E-state index is 8.56. The van der Waals surface area contributed by atoms with Crippen molar-refractivity contribution in [3.05, 3.63) is 14.9 Å². The van der Waals surface area contributed by atoms with Gasteiger partial charge in [-0.05, 0) is 0 Å². The van der Waals surface area contributed by atoms with Crippen LogP contribution in [-0.4, -0.2) is 54.1 Å². The van der Waals surface area contributed by atoms with Crippen LogP contribution >= 0.6 is 0 Å². The molecule has 0 aliphatic heterocycles. The van der Waals surface area contributed by atoms with Gasteiger partial charge in [-0.25, -0.2) is 4.79 Å². The Morgan fingerprint density at radius 3 is 1.14 bits per heavy atom. The molecule has 0 aromatic heterocycles. The molecule has 0 heterocycles. The van der Waals surface area contributed by atoms with Crippen LogP contribution in [0, 0.1) is 14.9 Å². The zero-order chi connectivity index (χ0) is 3.58. The number of carbonyl (C=O) groups is 1. The molecule has 0 unspecified atom stereocenters. The molecule has 0 amide bonds. The summed E-state index contributed by atoms with van der Waals surface area (Å²) >= 11 is 0. The van der Waals surface area contributed by atoms with Crippen molar-refractivity contribution in [3.8, 4) is 0 Å². The van der Waals surface area contributed by atoms with Crippen LogP contribution in [0.1, 0.15) is 0 Å². The first kappa shape index (κ1) is 25.8. The number of carboxylic acid groups (broad SMARTS) is 2. The summed E-state index contributed by atoms with van der Waals surface area (Å²) in [6.45, 7) is 0. The van der Waals surface area contributed by atoms with Crippen LogP contribution in [0.5, 0.6) is 0 Å². The normalized spacial score (nSPS) is 3.43. The SMILES string of the molecule is O=C(O)O.[CH3-].[CH3-].[Ca+2]. The van der Waals surface area contributed by atoms with E-state index in [1.54, 1.807) is 0 Å². The second-order valence-corrected chi connectivity index (χ2v) is 0.283. The quantitative estimate of drug-likeness (QED) is 0.377. The van der Waals surface area contributed by atoms with E-state index < -0.39 is 6.16 Å². The summed E-state index contributed by atoms with van der Waals surface area (Å²) < 4.78 is 0. The first-order valence-electron chi connectivity index (χ1n) is 0.651. The monoisotopic (exact) mass is 132 g/mol. The third kappa shape index (κ3) is 477. The van der Waals surface area contributed by atoms with Crippen molar-refractivity contribution in [3.63, 3.8) is 0 Å². The van der Waals surface area contributed by atoms with Crippen LogP contribution in [0.15, 0.2) is 0 Å². The van der Waals surface area contributed by atoms with Gasteiger partial charge in [0.05, 0.1) is 0 Å². The van der Waals surface area contributed by atoms with E-state index in [9.17, 15) is 0 Å². The Morgan fingerprint density at radius 2 is 1.14 bits per heavy atom. The molecule has 0 radical (unpaired) electrons. The average molecular weight is 132 g/mol. The molecule has 0 saturated carbocycles. The van der Waals surface area contributed by atoms with E-state index in [-0.39, 0.29) is 52.6 Å². The smallest absolute Gasteiger partial charge is 0.450 e. The van der Waals surface area contributed by atoms with Crippen molar-refractivity contribution in [1.82, 2.24) is 0 Å². The van der Waals surface area contributed by atoms with Crippen LogP contribution in [0.25, 0.3) is 0 Å². The van der Waals surface area contributed by atoms with Crippen LogP contribution in [-0.2, 0) is 0 Å². The van der Waals surface area contributed by atoms with Gasteiger partial charge in [-0.3, -0.25) is 0 Å². The van der Waals surface area contributed by atoms with Gasteiger partial charge in [0.25, 0.3) is 0 Å². The second-order valence-electron chi connectivity index (χ2n) is 0.283. The summed E-state index contributed by atoms with van der Waals surface area (Å²) in [5.41, 5.74) is 0. The maximum atomic E-state index is 8.56. The predicted molar refractivity (Wildman–Crippen MR) is 29.2 cm³/mol. The molecule has 0 aliphatic rings. The Labute approximate surface area is 73.3 Å². The first-order valence-corrected chi connectivity index (χ1v) is 0.651. The summed E-state index contributed by atoms with van der Waals surface area (Å²) in [5, 5.41) is 13.9. The third-order valence-electron chi connectivity index (χ3n) is 0. The number of hydrogen-bond donors (Lipinski definition) is 2. The molecule has 0 bridgehead atoms. The van der Waals surface area contributed by atoms with Crippen molar-refractivity contribution in [2.75, 3.05) is 0 Å². The predicted octanol–water partition coefficient (Wildman–Crippen LogP) is 0.742. The van der Waals surface area contributed by atoms with Gasteiger partial charge in [0, 0.05) is 0 Å². The molecule has 0 aromatic rings. The van der Waals surface area contributed by atoms with E-state index in [1.165, 1.54) is 0 Å². The molecule has 40 valence electrons. The van der Waals surface area contributed by atoms with Crippen LogP contribution < -0.4 is 0 Å². The second kappa shape index (κ2) is 16.0. The van der Waals surface area contributed by atoms with Crippen molar-refractivity contribution < 1.29 is 15.0 Å². The molecule has 0 spiro atoms. The van der Waals surface area contributed by atoms with Gasteiger partial charge in [0.15, 0.2) is 0 Å². The zero-order valence-corrected chi connectivity index (χ0v) is 6.72. The first-order chi connectivity index (χ1) is 1.73. The van der Waals surface area contributed by atoms with Crippen LogP contribution in [0.2, 0.25) is 0 Å². The van der Waals surface area contributed by atoms with Crippen molar-refractivity contribution in [1.29, 1.82) is 0 Å². The minimum atomic E-state index is -1.83. The fourth-order valence-corrected chi connectivity index (χ4v) is 0. The van der Waals surface area contributed by atoms with Gasteiger partial charge in [-0.1, -0.05) is 0 Å². The zero-order valence-electron chi connectivity index (χ0n) is 4.51. The van der Waals surface area contributed by atoms with Crippen molar-refractivity contribution in [2.45, 2.75) is 0 Å². The molecule has 0 aliphatic carbocycles. The minimum Gasteiger partial charge on any atom is -0.450 e. The largest absolute Gasteiger partial charge is 2.00 e. The molecule has 0 atom stereocenters. The Balaban J connectivity index is -0.0000000150. The van der Waals surface area contributed by atoms with E-state index >= 15 is 0 Å². The summed E-state index contributed by atoms with van der Waals surface area (Å²) in [4.78, 5) is 8.56. The molecule has 2 N–H and O–H groups in total. The molecule has 0 rings (SSSR count). The summed E-state index contributed by atoms with van der Waals surface area (Å²) in [6.07, 6.45) is -1.83. The average Bonchev–Trinajstić information content (AvgIpc) is 0.811. The van der Waals surface area contributed by atoms with Gasteiger partial charge in [-0.2, -0.15) is 0 Å². The Morgan fingerprint density at radius 1 is 1.14 bits per heavy atom. The van der Waals surface area contributed by atoms with Crippen LogP contribution in [0.3, 0.4) is 0 Å². The van der Waals surface area contributed by atoms with Crippen molar-refractivity contribution in [2.24, 2.45) is 0 Å². The fourth-order valence-electron chi connectivity index (χ4n) is 0. The fraction of sp³-hybridized carbons (Fsp3) is 0. The molecule has 0 aromatic carbocycles. The minimum absolute atomic E-state index is 0. The van der Waals surface area contributed by atoms with Gasteiger partial charge in [0.2, 0.25) is 0 Å². The summed E-state index contributed by atoms with van der Waals surface area (Å²) in [5.74, 6) is 0. The summed E-state index contributed by atoms with van der Waals surface area (Å²) in [6, 6.07) is 0. The van der Waals surface area contributed by atoms with E-state index in [4.69, 9.17) is 15.0 Å². The molecule has 7 heavy (non-hydrogen) atoms. The number of hydrogen-bond acceptors (Lipinski definition) is 1. The van der Waals surface area contributed by atoms with Gasteiger partial charge >= 0.3 is 43.9 Å². The van der Waals surface area contributed by atoms with Crippen LogP contribution in [0.4, 0.5) is 4.79 Å². The Bertz CT molecular complexity index is 33.2. The molecule has 3 nitrogen and oxygen atoms in total. The Hall–Kier alpha value is 0.530. The van der Waals surface area contributed by atoms with Gasteiger partial charge < -0.3 is 25.1 Å². The van der Waals surface area contributed by atoms with E-state index in [1.807, 2.05) is 0 Å². The molecular formula is C3H8CaO3. The molecule has 4 heteroatoms. The standard InChI is InChI=1S/CH2O3.2CH3.Ca/c2-1(3)4;;;/h(H2,2,3,4);2*1H3;/q;2*-1;+2. The molecule has 0 saturated heterocycles. The van der Waals surface area contributed by atoms with Gasteiger partial charge in [-0.15, -0.1) is 0 Å². The topological polar surface area (TPSA) is 57.5 Å².